The monoisotopic (exact) mass is 479 g/mol. The molecule has 2 atom stereocenters. The molecule has 1 saturated heterocycles. The summed E-state index contributed by atoms with van der Waals surface area (Å²) >= 11 is 4.61. The Balaban J connectivity index is 1.58. The van der Waals surface area contributed by atoms with Crippen LogP contribution in [0.15, 0.2) is 40.2 Å². The van der Waals surface area contributed by atoms with Gasteiger partial charge >= 0.3 is 6.09 Å². The van der Waals surface area contributed by atoms with Crippen LogP contribution in [0.5, 0.6) is 5.06 Å². The number of nitrogens with one attached hydrogen (secondary N) is 2. The van der Waals surface area contributed by atoms with E-state index in [9.17, 15) is 9.59 Å². The number of benzene rings is 1. The zero-order valence-electron chi connectivity index (χ0n) is 17.0. The third kappa shape index (κ3) is 5.30. The molecule has 2 unspecified atom stereocenters. The van der Waals surface area contributed by atoms with Crippen molar-refractivity contribution in [2.75, 3.05) is 10.2 Å². The number of hydrogen-bond acceptors (Lipinski definition) is 5. The first-order chi connectivity index (χ1) is 13.7. The Morgan fingerprint density at radius 2 is 1.72 bits per heavy atom. The van der Waals surface area contributed by atoms with Gasteiger partial charge in [-0.25, -0.2) is 4.79 Å². The molecule has 6 nitrogen and oxygen atoms in total. The lowest BCUT2D eigenvalue weighted by atomic mass is 10.0. The predicted octanol–water partition coefficient (Wildman–Crippen LogP) is 5.39. The van der Waals surface area contributed by atoms with Gasteiger partial charge in [0, 0.05) is 23.5 Å². The van der Waals surface area contributed by atoms with Crippen LogP contribution in [0.3, 0.4) is 0 Å². The molecule has 1 fully saturated rings. The number of rotatable bonds is 5. The van der Waals surface area contributed by atoms with Gasteiger partial charge in [0.2, 0.25) is 5.91 Å². The van der Waals surface area contributed by atoms with Crippen molar-refractivity contribution < 1.29 is 14.3 Å². The highest BCUT2D eigenvalue weighted by Gasteiger charge is 2.31. The van der Waals surface area contributed by atoms with Crippen molar-refractivity contribution >= 4 is 50.6 Å². The first-order valence-corrected chi connectivity index (χ1v) is 11.2. The van der Waals surface area contributed by atoms with Crippen LogP contribution in [0.2, 0.25) is 0 Å². The summed E-state index contributed by atoms with van der Waals surface area (Å²) < 4.78 is 6.08. The SMILES string of the molecule is CC1CCC(C)N1c1ccc(NC(=O)C(C)(C)NC(=O)Oc2ccc(Br)s2)cc1. The topological polar surface area (TPSA) is 70.7 Å². The van der Waals surface area contributed by atoms with E-state index in [0.29, 0.717) is 22.8 Å². The molecule has 0 saturated carbocycles. The van der Waals surface area contributed by atoms with E-state index in [4.69, 9.17) is 4.74 Å². The van der Waals surface area contributed by atoms with Crippen LogP contribution in [-0.4, -0.2) is 29.6 Å². The smallest absolute Gasteiger partial charge is 0.399 e. The number of carbonyl (C=O) groups is 2. The third-order valence-electron chi connectivity index (χ3n) is 5.10. The van der Waals surface area contributed by atoms with Crippen LogP contribution < -0.4 is 20.3 Å². The van der Waals surface area contributed by atoms with E-state index < -0.39 is 11.6 Å². The van der Waals surface area contributed by atoms with Crippen LogP contribution in [-0.2, 0) is 4.79 Å². The molecule has 0 radical (unpaired) electrons. The van der Waals surface area contributed by atoms with Gasteiger partial charge in [0.05, 0.1) is 3.79 Å². The Hall–Kier alpha value is -2.06. The largest absolute Gasteiger partial charge is 0.414 e. The molecule has 0 spiro atoms. The van der Waals surface area contributed by atoms with Crippen LogP contribution in [0.1, 0.15) is 40.5 Å². The van der Waals surface area contributed by atoms with Crippen molar-refractivity contribution in [3.05, 3.63) is 40.2 Å². The molecule has 1 aliphatic rings. The molecular weight excluding hydrogens is 454 g/mol. The Labute approximate surface area is 183 Å². The fourth-order valence-corrected chi connectivity index (χ4v) is 4.68. The van der Waals surface area contributed by atoms with Gasteiger partial charge in [-0.1, -0.05) is 11.3 Å². The molecule has 2 heterocycles. The molecule has 3 rings (SSSR count). The molecular formula is C21H26BrN3O3S. The fraction of sp³-hybridized carbons (Fsp3) is 0.429. The van der Waals surface area contributed by atoms with Gasteiger partial charge in [0.1, 0.15) is 5.54 Å². The van der Waals surface area contributed by atoms with Gasteiger partial charge in [-0.15, -0.1) is 0 Å². The molecule has 1 aromatic heterocycles. The fourth-order valence-electron chi connectivity index (χ4n) is 3.49. The summed E-state index contributed by atoms with van der Waals surface area (Å²) in [5.41, 5.74) is 0.703. The standard InChI is InChI=1S/C21H26BrN3O3S/c1-13-5-6-14(2)25(13)16-9-7-15(8-10-16)23-19(26)21(3,4)24-20(27)28-18-12-11-17(22)29-18/h7-14H,5-6H2,1-4H3,(H,23,26)(H,24,27). The number of carbonyl (C=O) groups excluding carboxylic acids is 2. The molecule has 2 amide bonds. The first kappa shape index (κ1) is 21.6. The van der Waals surface area contributed by atoms with Gasteiger partial charge in [0.25, 0.3) is 0 Å². The van der Waals surface area contributed by atoms with Crippen molar-refractivity contribution in [1.29, 1.82) is 0 Å². The molecule has 1 aromatic carbocycles. The van der Waals surface area contributed by atoms with Crippen molar-refractivity contribution in [3.8, 4) is 5.06 Å². The summed E-state index contributed by atoms with van der Waals surface area (Å²) in [5, 5.41) is 5.93. The second-order valence-electron chi connectivity index (χ2n) is 7.88. The van der Waals surface area contributed by atoms with Crippen molar-refractivity contribution in [2.24, 2.45) is 0 Å². The summed E-state index contributed by atoms with van der Waals surface area (Å²) in [6.07, 6.45) is 1.71. The first-order valence-electron chi connectivity index (χ1n) is 9.61. The van der Waals surface area contributed by atoms with Gasteiger partial charge in [0.15, 0.2) is 5.06 Å². The van der Waals surface area contributed by atoms with Gasteiger partial charge in [-0.3, -0.25) is 4.79 Å². The van der Waals surface area contributed by atoms with E-state index in [-0.39, 0.29) is 5.91 Å². The molecule has 2 N–H and O–H groups in total. The second-order valence-corrected chi connectivity index (χ2v) is 10.3. The zero-order valence-corrected chi connectivity index (χ0v) is 19.4. The summed E-state index contributed by atoms with van der Waals surface area (Å²) in [5.74, 6) is -0.322. The quantitative estimate of drug-likeness (QED) is 0.602. The highest BCUT2D eigenvalue weighted by Crippen LogP contribution is 2.31. The van der Waals surface area contributed by atoms with Crippen LogP contribution in [0, 0.1) is 0 Å². The Morgan fingerprint density at radius 1 is 1.10 bits per heavy atom. The van der Waals surface area contributed by atoms with Crippen LogP contribution >= 0.6 is 27.3 Å². The summed E-state index contributed by atoms with van der Waals surface area (Å²) in [4.78, 5) is 27.2. The molecule has 156 valence electrons. The van der Waals surface area contributed by atoms with Gasteiger partial charge in [-0.2, -0.15) is 0 Å². The average molecular weight is 480 g/mol. The number of nitrogens with zero attached hydrogens (tertiary/aromatic N) is 1. The number of anilines is 2. The molecule has 0 aliphatic carbocycles. The van der Waals surface area contributed by atoms with Crippen LogP contribution in [0.25, 0.3) is 0 Å². The number of halogens is 1. The number of hydrogen-bond donors (Lipinski definition) is 2. The van der Waals surface area contributed by atoms with E-state index in [1.165, 1.54) is 24.2 Å². The lowest BCUT2D eigenvalue weighted by molar-refractivity contribution is -0.121. The van der Waals surface area contributed by atoms with Crippen molar-refractivity contribution in [3.63, 3.8) is 0 Å². The van der Waals surface area contributed by atoms with E-state index >= 15 is 0 Å². The summed E-state index contributed by atoms with van der Waals surface area (Å²) in [7, 11) is 0. The summed E-state index contributed by atoms with van der Waals surface area (Å²) in [6.45, 7) is 7.74. The maximum atomic E-state index is 12.7. The maximum absolute atomic E-state index is 12.7. The van der Waals surface area contributed by atoms with Gasteiger partial charge < -0.3 is 20.3 Å². The zero-order chi connectivity index (χ0) is 21.2. The predicted molar refractivity (Wildman–Crippen MR) is 121 cm³/mol. The second kappa shape index (κ2) is 8.75. The van der Waals surface area contributed by atoms with E-state index in [1.807, 2.05) is 24.3 Å². The van der Waals surface area contributed by atoms with Crippen LogP contribution in [0.4, 0.5) is 16.2 Å². The van der Waals surface area contributed by atoms with E-state index in [1.54, 1.807) is 26.0 Å². The minimum Gasteiger partial charge on any atom is -0.399 e. The molecule has 0 bridgehead atoms. The molecule has 1 aliphatic heterocycles. The Morgan fingerprint density at radius 3 is 2.28 bits per heavy atom. The lowest BCUT2D eigenvalue weighted by Gasteiger charge is -2.29. The average Bonchev–Trinajstić information content (AvgIpc) is 3.20. The number of thiophene rings is 1. The highest BCUT2D eigenvalue weighted by molar-refractivity contribution is 9.11. The van der Waals surface area contributed by atoms with E-state index in [2.05, 4.69) is 45.3 Å². The van der Waals surface area contributed by atoms with Crippen molar-refractivity contribution in [1.82, 2.24) is 5.32 Å². The van der Waals surface area contributed by atoms with Gasteiger partial charge in [-0.05, 0) is 92.9 Å². The Bertz CT molecular complexity index is 872. The van der Waals surface area contributed by atoms with Crippen molar-refractivity contribution in [2.45, 2.75) is 58.2 Å². The normalized spacial score (nSPS) is 19.1. The van der Waals surface area contributed by atoms with E-state index in [0.717, 1.165) is 9.47 Å². The highest BCUT2D eigenvalue weighted by atomic mass is 79.9. The Kier molecular flexibility index (Phi) is 6.53. The third-order valence-corrected chi connectivity index (χ3v) is 6.60. The molecule has 2 aromatic rings. The number of ether oxygens (including phenoxy) is 1. The number of amides is 2. The minimum atomic E-state index is -1.14. The molecule has 8 heteroatoms. The maximum Gasteiger partial charge on any atom is 0.414 e. The minimum absolute atomic E-state index is 0.322. The lowest BCUT2D eigenvalue weighted by Crippen LogP contribution is -2.53. The molecule has 29 heavy (non-hydrogen) atoms. The summed E-state index contributed by atoms with van der Waals surface area (Å²) in [6, 6.07) is 12.3.